The summed E-state index contributed by atoms with van der Waals surface area (Å²) in [6.45, 7) is 4.93. The molecular formula is C51H101NO5. The van der Waals surface area contributed by atoms with E-state index in [9.17, 15) is 19.8 Å². The SMILES string of the molecule is CCCCCCCCCCCCCCCCC(=O)OCCCCCCCCCCCCCCC(=O)NC(CO)C(O)CCCCCCCCCCCCCCCC. The molecule has 0 rings (SSSR count). The second-order valence-corrected chi connectivity index (χ2v) is 17.9. The third-order valence-corrected chi connectivity index (χ3v) is 12.2. The molecule has 0 aromatic rings. The molecule has 0 radical (unpaired) electrons. The van der Waals surface area contributed by atoms with E-state index in [1.54, 1.807) is 0 Å². The van der Waals surface area contributed by atoms with Gasteiger partial charge in [-0.2, -0.15) is 0 Å². The van der Waals surface area contributed by atoms with Gasteiger partial charge >= 0.3 is 5.97 Å². The summed E-state index contributed by atoms with van der Waals surface area (Å²) in [4.78, 5) is 24.5. The maximum absolute atomic E-state index is 12.4. The molecule has 3 N–H and O–H groups in total. The molecule has 0 aliphatic heterocycles. The van der Waals surface area contributed by atoms with E-state index in [1.165, 1.54) is 199 Å². The van der Waals surface area contributed by atoms with Crippen molar-refractivity contribution in [3.05, 3.63) is 0 Å². The Morgan fingerprint density at radius 1 is 0.421 bits per heavy atom. The minimum Gasteiger partial charge on any atom is -0.466 e. The first kappa shape index (κ1) is 55.9. The number of unbranched alkanes of at least 4 members (excludes halogenated alkanes) is 37. The van der Waals surface area contributed by atoms with Crippen molar-refractivity contribution in [2.24, 2.45) is 0 Å². The van der Waals surface area contributed by atoms with Crippen LogP contribution in [0, 0.1) is 0 Å². The molecule has 0 aliphatic rings. The van der Waals surface area contributed by atoms with E-state index < -0.39 is 12.1 Å². The Morgan fingerprint density at radius 3 is 1.07 bits per heavy atom. The number of rotatable bonds is 48. The van der Waals surface area contributed by atoms with Crippen LogP contribution >= 0.6 is 0 Å². The highest BCUT2D eigenvalue weighted by Gasteiger charge is 2.20. The van der Waals surface area contributed by atoms with E-state index in [0.717, 1.165) is 57.8 Å². The number of amides is 1. The van der Waals surface area contributed by atoms with Crippen LogP contribution in [0.25, 0.3) is 0 Å². The molecule has 0 saturated carbocycles. The van der Waals surface area contributed by atoms with Gasteiger partial charge in [0.25, 0.3) is 0 Å². The fourth-order valence-electron chi connectivity index (χ4n) is 8.17. The van der Waals surface area contributed by atoms with Crippen LogP contribution < -0.4 is 5.32 Å². The van der Waals surface area contributed by atoms with Gasteiger partial charge in [-0.25, -0.2) is 0 Å². The first-order valence-corrected chi connectivity index (χ1v) is 25.8. The van der Waals surface area contributed by atoms with Crippen molar-refractivity contribution in [1.82, 2.24) is 5.32 Å². The van der Waals surface area contributed by atoms with Gasteiger partial charge in [0, 0.05) is 12.8 Å². The number of aliphatic hydroxyl groups is 2. The topological polar surface area (TPSA) is 95.9 Å². The Balaban J connectivity index is 3.44. The van der Waals surface area contributed by atoms with Gasteiger partial charge in [-0.1, -0.05) is 251 Å². The van der Waals surface area contributed by atoms with Crippen LogP contribution in [-0.2, 0) is 14.3 Å². The number of esters is 1. The lowest BCUT2D eigenvalue weighted by Gasteiger charge is -2.22. The van der Waals surface area contributed by atoms with E-state index in [-0.39, 0.29) is 18.5 Å². The van der Waals surface area contributed by atoms with Gasteiger partial charge in [-0.3, -0.25) is 9.59 Å². The van der Waals surface area contributed by atoms with E-state index in [2.05, 4.69) is 19.2 Å². The first-order valence-electron chi connectivity index (χ1n) is 25.8. The maximum atomic E-state index is 12.4. The lowest BCUT2D eigenvalue weighted by molar-refractivity contribution is -0.143. The molecule has 0 saturated heterocycles. The van der Waals surface area contributed by atoms with E-state index in [4.69, 9.17) is 4.74 Å². The molecule has 0 fully saturated rings. The smallest absolute Gasteiger partial charge is 0.305 e. The average molecular weight is 808 g/mol. The molecule has 57 heavy (non-hydrogen) atoms. The Morgan fingerprint density at radius 2 is 0.719 bits per heavy atom. The number of ether oxygens (including phenoxy) is 1. The molecule has 0 bridgehead atoms. The largest absolute Gasteiger partial charge is 0.466 e. The van der Waals surface area contributed by atoms with Crippen molar-refractivity contribution < 1.29 is 24.5 Å². The summed E-state index contributed by atoms with van der Waals surface area (Å²) >= 11 is 0. The second kappa shape index (κ2) is 47.5. The predicted molar refractivity (Wildman–Crippen MR) is 246 cm³/mol. The van der Waals surface area contributed by atoms with Crippen LogP contribution in [0.2, 0.25) is 0 Å². The zero-order valence-electron chi connectivity index (χ0n) is 38.6. The van der Waals surface area contributed by atoms with Gasteiger partial charge in [-0.15, -0.1) is 0 Å². The van der Waals surface area contributed by atoms with Crippen molar-refractivity contribution in [2.45, 2.75) is 302 Å². The lowest BCUT2D eigenvalue weighted by Crippen LogP contribution is -2.45. The fraction of sp³-hybridized carbons (Fsp3) is 0.961. The summed E-state index contributed by atoms with van der Waals surface area (Å²) in [7, 11) is 0. The van der Waals surface area contributed by atoms with Crippen molar-refractivity contribution in [2.75, 3.05) is 13.2 Å². The Labute approximate surface area is 356 Å². The van der Waals surface area contributed by atoms with Gasteiger partial charge in [0.1, 0.15) is 0 Å². The zero-order chi connectivity index (χ0) is 41.5. The Hall–Kier alpha value is -1.14. The van der Waals surface area contributed by atoms with Crippen LogP contribution in [0.3, 0.4) is 0 Å². The number of carbonyl (C=O) groups is 2. The van der Waals surface area contributed by atoms with Crippen molar-refractivity contribution >= 4 is 11.9 Å². The van der Waals surface area contributed by atoms with Crippen LogP contribution in [0.5, 0.6) is 0 Å². The number of carbonyl (C=O) groups excluding carboxylic acids is 2. The molecule has 0 aromatic heterocycles. The van der Waals surface area contributed by atoms with Crippen molar-refractivity contribution in [3.63, 3.8) is 0 Å². The molecular weight excluding hydrogens is 707 g/mol. The maximum Gasteiger partial charge on any atom is 0.305 e. The Kier molecular flexibility index (Phi) is 46.6. The fourth-order valence-corrected chi connectivity index (χ4v) is 8.17. The summed E-state index contributed by atoms with van der Waals surface area (Å²) in [6.07, 6.45) is 52.1. The van der Waals surface area contributed by atoms with E-state index >= 15 is 0 Å². The normalized spacial score (nSPS) is 12.6. The summed E-state index contributed by atoms with van der Waals surface area (Å²) in [5, 5.41) is 23.2. The number of hydrogen-bond acceptors (Lipinski definition) is 5. The predicted octanol–water partition coefficient (Wildman–Crippen LogP) is 15.2. The van der Waals surface area contributed by atoms with Gasteiger partial charge < -0.3 is 20.3 Å². The quantitative estimate of drug-likeness (QED) is 0.0420. The van der Waals surface area contributed by atoms with Crippen molar-refractivity contribution in [3.8, 4) is 0 Å². The third-order valence-electron chi connectivity index (χ3n) is 12.2. The molecule has 2 atom stereocenters. The lowest BCUT2D eigenvalue weighted by atomic mass is 10.0. The van der Waals surface area contributed by atoms with E-state index in [0.29, 0.717) is 25.9 Å². The van der Waals surface area contributed by atoms with Gasteiger partial charge in [-0.05, 0) is 25.7 Å². The van der Waals surface area contributed by atoms with Gasteiger partial charge in [0.05, 0.1) is 25.4 Å². The first-order chi connectivity index (χ1) is 28.0. The summed E-state index contributed by atoms with van der Waals surface area (Å²) in [5.74, 6) is -0.0550. The van der Waals surface area contributed by atoms with E-state index in [1.807, 2.05) is 0 Å². The van der Waals surface area contributed by atoms with Crippen LogP contribution in [0.4, 0.5) is 0 Å². The van der Waals surface area contributed by atoms with Crippen LogP contribution in [0.15, 0.2) is 0 Å². The highest BCUT2D eigenvalue weighted by molar-refractivity contribution is 5.76. The monoisotopic (exact) mass is 808 g/mol. The Bertz CT molecular complexity index is 806. The number of aliphatic hydroxyl groups excluding tert-OH is 2. The molecule has 0 heterocycles. The average Bonchev–Trinajstić information content (AvgIpc) is 3.21. The molecule has 340 valence electrons. The standard InChI is InChI=1S/C51H101NO5/c1-3-5-7-9-11-13-15-17-19-23-27-31-35-39-43-49(54)48(47-53)52-50(55)44-40-36-32-28-24-21-22-26-30-34-38-42-46-57-51(56)45-41-37-33-29-25-20-18-16-14-12-10-8-6-4-2/h48-49,53-54H,3-47H2,1-2H3,(H,52,55). The zero-order valence-corrected chi connectivity index (χ0v) is 38.6. The highest BCUT2D eigenvalue weighted by Crippen LogP contribution is 2.17. The van der Waals surface area contributed by atoms with Crippen molar-refractivity contribution in [1.29, 1.82) is 0 Å². The molecule has 0 aromatic carbocycles. The number of nitrogens with one attached hydrogen (secondary N) is 1. The summed E-state index contributed by atoms with van der Waals surface area (Å²) in [5.41, 5.74) is 0. The molecule has 0 aliphatic carbocycles. The molecule has 6 nitrogen and oxygen atoms in total. The molecule has 2 unspecified atom stereocenters. The molecule has 0 spiro atoms. The summed E-state index contributed by atoms with van der Waals surface area (Å²) in [6, 6.07) is -0.550. The minimum atomic E-state index is -0.672. The highest BCUT2D eigenvalue weighted by atomic mass is 16.5. The van der Waals surface area contributed by atoms with Gasteiger partial charge in [0.2, 0.25) is 5.91 Å². The van der Waals surface area contributed by atoms with Crippen LogP contribution in [-0.4, -0.2) is 47.4 Å². The van der Waals surface area contributed by atoms with Crippen LogP contribution in [0.1, 0.15) is 290 Å². The van der Waals surface area contributed by atoms with Gasteiger partial charge in [0.15, 0.2) is 0 Å². The minimum absolute atomic E-state index is 0.00637. The molecule has 6 heteroatoms. The third kappa shape index (κ3) is 44.2. The molecule has 1 amide bonds. The second-order valence-electron chi connectivity index (χ2n) is 17.9. The number of hydrogen-bond donors (Lipinski definition) is 3. The summed E-state index contributed by atoms with van der Waals surface area (Å²) < 4.78 is 5.46.